The highest BCUT2D eigenvalue weighted by Gasteiger charge is 2.19. The maximum atomic E-state index is 5.85. The molecule has 5 nitrogen and oxygen atoms in total. The summed E-state index contributed by atoms with van der Waals surface area (Å²) in [5.41, 5.74) is 8.87. The average molecular weight is 287 g/mol. The molecule has 2 aromatic rings. The first kappa shape index (κ1) is 14.2. The molecule has 1 aliphatic rings. The van der Waals surface area contributed by atoms with Gasteiger partial charge in [0.15, 0.2) is 0 Å². The van der Waals surface area contributed by atoms with Gasteiger partial charge in [-0.3, -0.25) is 4.98 Å². The number of rotatable bonds is 4. The van der Waals surface area contributed by atoms with Crippen molar-refractivity contribution in [1.82, 2.24) is 9.97 Å². The molecule has 112 valence electrons. The zero-order valence-corrected chi connectivity index (χ0v) is 12.3. The van der Waals surface area contributed by atoms with Crippen LogP contribution in [0.25, 0.3) is 11.0 Å². The van der Waals surface area contributed by atoms with E-state index in [1.165, 1.54) is 5.56 Å². The summed E-state index contributed by atoms with van der Waals surface area (Å²) in [6.07, 6.45) is 6.15. The van der Waals surface area contributed by atoms with Crippen LogP contribution in [0, 0.1) is 0 Å². The largest absolute Gasteiger partial charge is 0.481 e. The van der Waals surface area contributed by atoms with Gasteiger partial charge < -0.3 is 15.2 Å². The van der Waals surface area contributed by atoms with E-state index in [0.717, 1.165) is 36.7 Å². The number of pyridine rings is 2. The highest BCUT2D eigenvalue weighted by atomic mass is 16.5. The zero-order valence-electron chi connectivity index (χ0n) is 12.3. The molecule has 1 aliphatic heterocycles. The maximum Gasteiger partial charge on any atom is 0.213 e. The first-order chi connectivity index (χ1) is 10.3. The minimum absolute atomic E-state index is 0.203. The Kier molecular flexibility index (Phi) is 4.31. The van der Waals surface area contributed by atoms with Crippen molar-refractivity contribution in [3.63, 3.8) is 0 Å². The summed E-state index contributed by atoms with van der Waals surface area (Å²) in [6, 6.07) is 6.02. The standard InChI is InChI=1S/C16H21N3O2/c1-20-15-7-6-14-16(19-15)11(8-9-18-14)2-4-13-5-3-12(17)10-21-13/h6-9,12-13H,2-5,10,17H2,1H3/t12-,13-/m1/s1. The van der Waals surface area contributed by atoms with Gasteiger partial charge in [-0.1, -0.05) is 0 Å². The lowest BCUT2D eigenvalue weighted by molar-refractivity contribution is 0.00116. The second kappa shape index (κ2) is 6.37. The molecule has 21 heavy (non-hydrogen) atoms. The van der Waals surface area contributed by atoms with Gasteiger partial charge >= 0.3 is 0 Å². The summed E-state index contributed by atoms with van der Waals surface area (Å²) >= 11 is 0. The van der Waals surface area contributed by atoms with Crippen molar-refractivity contribution in [2.75, 3.05) is 13.7 Å². The minimum atomic E-state index is 0.203. The summed E-state index contributed by atoms with van der Waals surface area (Å²) in [5, 5.41) is 0. The fourth-order valence-corrected chi connectivity index (χ4v) is 2.75. The van der Waals surface area contributed by atoms with Crippen LogP contribution in [0.4, 0.5) is 0 Å². The molecule has 0 unspecified atom stereocenters. The minimum Gasteiger partial charge on any atom is -0.481 e. The van der Waals surface area contributed by atoms with Crippen LogP contribution in [-0.4, -0.2) is 35.8 Å². The number of fused-ring (bicyclic) bond motifs is 1. The number of nitrogens with two attached hydrogens (primary N) is 1. The Bertz CT molecular complexity index is 609. The molecule has 3 rings (SSSR count). The van der Waals surface area contributed by atoms with Crippen LogP contribution in [0.5, 0.6) is 5.88 Å². The third-order valence-electron chi connectivity index (χ3n) is 3.99. The third-order valence-corrected chi connectivity index (χ3v) is 3.99. The van der Waals surface area contributed by atoms with Gasteiger partial charge in [0, 0.05) is 18.3 Å². The predicted molar refractivity (Wildman–Crippen MR) is 81.4 cm³/mol. The van der Waals surface area contributed by atoms with Crippen LogP contribution >= 0.6 is 0 Å². The van der Waals surface area contributed by atoms with Gasteiger partial charge in [-0.2, -0.15) is 0 Å². The van der Waals surface area contributed by atoms with Gasteiger partial charge in [-0.25, -0.2) is 4.98 Å². The number of aryl methyl sites for hydroxylation is 1. The summed E-state index contributed by atoms with van der Waals surface area (Å²) in [4.78, 5) is 8.88. The predicted octanol–water partition coefficient (Wildman–Crippen LogP) is 2.08. The fourth-order valence-electron chi connectivity index (χ4n) is 2.75. The monoisotopic (exact) mass is 287 g/mol. The third kappa shape index (κ3) is 3.31. The van der Waals surface area contributed by atoms with Crippen molar-refractivity contribution >= 4 is 11.0 Å². The van der Waals surface area contributed by atoms with Crippen molar-refractivity contribution in [2.24, 2.45) is 5.73 Å². The molecule has 1 fully saturated rings. The van der Waals surface area contributed by atoms with E-state index in [0.29, 0.717) is 18.6 Å². The summed E-state index contributed by atoms with van der Waals surface area (Å²) < 4.78 is 11.0. The molecule has 0 bridgehead atoms. The number of nitrogens with zero attached hydrogens (tertiary/aromatic N) is 2. The van der Waals surface area contributed by atoms with Crippen LogP contribution < -0.4 is 10.5 Å². The summed E-state index contributed by atoms with van der Waals surface area (Å²) in [5.74, 6) is 0.622. The highest BCUT2D eigenvalue weighted by molar-refractivity contribution is 5.78. The fraction of sp³-hybridized carbons (Fsp3) is 0.500. The van der Waals surface area contributed by atoms with Gasteiger partial charge in [0.1, 0.15) is 0 Å². The second-order valence-electron chi connectivity index (χ2n) is 5.52. The Morgan fingerprint density at radius 3 is 3.00 bits per heavy atom. The second-order valence-corrected chi connectivity index (χ2v) is 5.52. The lowest BCUT2D eigenvalue weighted by Crippen LogP contribution is -2.35. The van der Waals surface area contributed by atoms with E-state index >= 15 is 0 Å². The highest BCUT2D eigenvalue weighted by Crippen LogP contribution is 2.22. The molecule has 1 saturated heterocycles. The van der Waals surface area contributed by atoms with Crippen molar-refractivity contribution in [2.45, 2.75) is 37.8 Å². The van der Waals surface area contributed by atoms with Crippen LogP contribution in [-0.2, 0) is 11.2 Å². The topological polar surface area (TPSA) is 70.3 Å². The van der Waals surface area contributed by atoms with E-state index in [1.54, 1.807) is 7.11 Å². The van der Waals surface area contributed by atoms with Crippen molar-refractivity contribution in [3.05, 3.63) is 30.0 Å². The van der Waals surface area contributed by atoms with E-state index in [-0.39, 0.29) is 6.04 Å². The van der Waals surface area contributed by atoms with Gasteiger partial charge in [-0.05, 0) is 43.4 Å². The van der Waals surface area contributed by atoms with E-state index in [2.05, 4.69) is 9.97 Å². The van der Waals surface area contributed by atoms with Gasteiger partial charge in [0.2, 0.25) is 5.88 Å². The molecule has 0 radical (unpaired) electrons. The van der Waals surface area contributed by atoms with Crippen molar-refractivity contribution in [3.8, 4) is 5.88 Å². The molecule has 2 atom stereocenters. The Morgan fingerprint density at radius 1 is 1.33 bits per heavy atom. The summed E-state index contributed by atoms with van der Waals surface area (Å²) in [6.45, 7) is 0.674. The van der Waals surface area contributed by atoms with Gasteiger partial charge in [0.25, 0.3) is 0 Å². The summed E-state index contributed by atoms with van der Waals surface area (Å²) in [7, 11) is 1.63. The van der Waals surface area contributed by atoms with E-state index in [1.807, 2.05) is 24.4 Å². The van der Waals surface area contributed by atoms with Crippen LogP contribution in [0.2, 0.25) is 0 Å². The smallest absolute Gasteiger partial charge is 0.213 e. The Balaban J connectivity index is 1.74. The molecule has 2 N–H and O–H groups in total. The lowest BCUT2D eigenvalue weighted by atomic mass is 9.99. The first-order valence-corrected chi connectivity index (χ1v) is 7.42. The SMILES string of the molecule is COc1ccc2nccc(CC[C@@H]3CC[C@@H](N)CO3)c2n1. The van der Waals surface area contributed by atoms with E-state index < -0.39 is 0 Å². The number of methoxy groups -OCH3 is 1. The molecule has 0 spiro atoms. The zero-order chi connectivity index (χ0) is 14.7. The Hall–Kier alpha value is -1.72. The molecule has 0 aromatic carbocycles. The quantitative estimate of drug-likeness (QED) is 0.932. The molecule has 5 heteroatoms. The number of ether oxygens (including phenoxy) is 2. The van der Waals surface area contributed by atoms with Crippen molar-refractivity contribution in [1.29, 1.82) is 0 Å². The Labute approximate surface area is 124 Å². The molecular weight excluding hydrogens is 266 g/mol. The van der Waals surface area contributed by atoms with Crippen molar-refractivity contribution < 1.29 is 9.47 Å². The molecular formula is C16H21N3O2. The first-order valence-electron chi connectivity index (χ1n) is 7.42. The molecule has 3 heterocycles. The normalized spacial score (nSPS) is 22.4. The number of hydrogen-bond acceptors (Lipinski definition) is 5. The van der Waals surface area contributed by atoms with Gasteiger partial charge in [-0.15, -0.1) is 0 Å². The van der Waals surface area contributed by atoms with Crippen LogP contribution in [0.1, 0.15) is 24.8 Å². The molecule has 0 saturated carbocycles. The van der Waals surface area contributed by atoms with E-state index in [9.17, 15) is 0 Å². The maximum absolute atomic E-state index is 5.85. The van der Waals surface area contributed by atoms with Crippen LogP contribution in [0.15, 0.2) is 24.4 Å². The number of aromatic nitrogens is 2. The molecule has 2 aromatic heterocycles. The average Bonchev–Trinajstić information content (AvgIpc) is 2.54. The van der Waals surface area contributed by atoms with E-state index in [4.69, 9.17) is 15.2 Å². The molecule has 0 aliphatic carbocycles. The number of hydrogen-bond donors (Lipinski definition) is 1. The van der Waals surface area contributed by atoms with Gasteiger partial charge in [0.05, 0.1) is 30.9 Å². The Morgan fingerprint density at radius 2 is 2.24 bits per heavy atom. The molecule has 0 amide bonds. The lowest BCUT2D eigenvalue weighted by Gasteiger charge is -2.26. The van der Waals surface area contributed by atoms with Crippen LogP contribution in [0.3, 0.4) is 0 Å².